The van der Waals surface area contributed by atoms with Crippen LogP contribution in [-0.2, 0) is 13.6 Å². The van der Waals surface area contributed by atoms with Gasteiger partial charge in [-0.15, -0.1) is 0 Å². The maximum absolute atomic E-state index is 13.3. The molecule has 8 nitrogen and oxygen atoms in total. The number of hydrogen-bond acceptors (Lipinski definition) is 5. The van der Waals surface area contributed by atoms with Crippen LogP contribution >= 0.6 is 0 Å². The Morgan fingerprint density at radius 2 is 1.86 bits per heavy atom. The molecule has 0 radical (unpaired) electrons. The lowest BCUT2D eigenvalue weighted by molar-refractivity contribution is 0.620. The van der Waals surface area contributed by atoms with Gasteiger partial charge in [0.1, 0.15) is 5.82 Å². The summed E-state index contributed by atoms with van der Waals surface area (Å²) in [5.74, 6) is 0.176. The maximum atomic E-state index is 13.3. The van der Waals surface area contributed by atoms with E-state index in [0.717, 1.165) is 10.3 Å². The molecule has 28 heavy (non-hydrogen) atoms. The van der Waals surface area contributed by atoms with Crippen molar-refractivity contribution in [2.45, 2.75) is 33.4 Å². The number of nitrogens with zero attached hydrogens (tertiary/aromatic N) is 6. The summed E-state index contributed by atoms with van der Waals surface area (Å²) in [7, 11) is 1.60. The summed E-state index contributed by atoms with van der Waals surface area (Å²) in [5.41, 5.74) is 1.32. The van der Waals surface area contributed by atoms with Crippen LogP contribution in [0, 0.1) is 5.82 Å². The summed E-state index contributed by atoms with van der Waals surface area (Å²) < 4.78 is 17.6. The van der Waals surface area contributed by atoms with E-state index >= 15 is 0 Å². The van der Waals surface area contributed by atoms with Crippen molar-refractivity contribution in [1.82, 2.24) is 18.7 Å². The lowest BCUT2D eigenvalue weighted by Crippen LogP contribution is -2.40. The van der Waals surface area contributed by atoms with Crippen LogP contribution in [0.5, 0.6) is 0 Å². The number of benzene rings is 1. The van der Waals surface area contributed by atoms with Gasteiger partial charge in [-0.25, -0.2) is 14.2 Å². The standard InChI is InChI=1S/C19H21FN6O2/c1-5-25-18-21-16-15(26(18)12(3)11(2)22-25)17(27)24(19(28)23(16)4)10-13-6-8-14(20)9-7-13/h6-9,12H,5,10H2,1-4H3. The molecule has 4 rings (SSSR count). The van der Waals surface area contributed by atoms with Gasteiger partial charge in [0.25, 0.3) is 5.56 Å². The molecule has 0 saturated heterocycles. The summed E-state index contributed by atoms with van der Waals surface area (Å²) >= 11 is 0. The molecule has 1 aromatic carbocycles. The topological polar surface area (TPSA) is 77.4 Å². The van der Waals surface area contributed by atoms with Gasteiger partial charge in [-0.05, 0) is 38.5 Å². The summed E-state index contributed by atoms with van der Waals surface area (Å²) in [6.07, 6.45) is 0. The Morgan fingerprint density at radius 1 is 1.18 bits per heavy atom. The molecule has 9 heteroatoms. The van der Waals surface area contributed by atoms with Crippen molar-refractivity contribution < 1.29 is 4.39 Å². The first-order valence-corrected chi connectivity index (χ1v) is 9.12. The number of hydrazone groups is 1. The molecule has 1 atom stereocenters. The Balaban J connectivity index is 1.99. The van der Waals surface area contributed by atoms with E-state index in [2.05, 4.69) is 10.1 Å². The van der Waals surface area contributed by atoms with Crippen molar-refractivity contribution in [2.24, 2.45) is 12.1 Å². The number of aromatic nitrogens is 4. The van der Waals surface area contributed by atoms with Crippen LogP contribution in [-0.4, -0.2) is 30.9 Å². The van der Waals surface area contributed by atoms with E-state index in [4.69, 9.17) is 0 Å². The molecule has 1 aliphatic heterocycles. The van der Waals surface area contributed by atoms with E-state index in [0.29, 0.717) is 29.2 Å². The smallest absolute Gasteiger partial charge is 0.294 e. The number of aryl methyl sites for hydroxylation is 1. The Labute approximate surface area is 160 Å². The van der Waals surface area contributed by atoms with Crippen molar-refractivity contribution in [3.8, 4) is 0 Å². The van der Waals surface area contributed by atoms with Crippen molar-refractivity contribution in [3.05, 3.63) is 56.5 Å². The first-order valence-electron chi connectivity index (χ1n) is 9.12. The van der Waals surface area contributed by atoms with E-state index in [1.54, 1.807) is 24.2 Å². The fourth-order valence-corrected chi connectivity index (χ4v) is 3.51. The van der Waals surface area contributed by atoms with Gasteiger partial charge >= 0.3 is 5.69 Å². The minimum absolute atomic E-state index is 0.0567. The van der Waals surface area contributed by atoms with E-state index in [1.807, 2.05) is 25.3 Å². The number of fused-ring (bicyclic) bond motifs is 3. The van der Waals surface area contributed by atoms with Crippen LogP contribution in [0.1, 0.15) is 32.4 Å². The normalized spacial score (nSPS) is 16.4. The zero-order valence-electron chi connectivity index (χ0n) is 16.2. The van der Waals surface area contributed by atoms with Gasteiger partial charge in [0.05, 0.1) is 18.3 Å². The molecule has 1 aliphatic rings. The molecule has 0 saturated carbocycles. The minimum Gasteiger partial charge on any atom is -0.294 e. The van der Waals surface area contributed by atoms with Crippen molar-refractivity contribution >= 4 is 22.8 Å². The second-order valence-corrected chi connectivity index (χ2v) is 6.95. The zero-order valence-corrected chi connectivity index (χ0v) is 16.2. The molecule has 0 N–H and O–H groups in total. The molecule has 3 heterocycles. The maximum Gasteiger partial charge on any atom is 0.332 e. The van der Waals surface area contributed by atoms with Gasteiger partial charge in [-0.3, -0.25) is 18.5 Å². The quantitative estimate of drug-likeness (QED) is 0.691. The Bertz CT molecular complexity index is 1220. The van der Waals surface area contributed by atoms with Crippen LogP contribution in [0.2, 0.25) is 0 Å². The van der Waals surface area contributed by atoms with E-state index in [1.165, 1.54) is 16.7 Å². The summed E-state index contributed by atoms with van der Waals surface area (Å²) in [6, 6.07) is 5.59. The lowest BCUT2D eigenvalue weighted by Gasteiger charge is -2.28. The molecule has 2 aromatic heterocycles. The highest BCUT2D eigenvalue weighted by molar-refractivity contribution is 5.90. The van der Waals surface area contributed by atoms with E-state index in [9.17, 15) is 14.0 Å². The number of anilines is 1. The average molecular weight is 384 g/mol. The third-order valence-electron chi connectivity index (χ3n) is 5.21. The van der Waals surface area contributed by atoms with Crippen molar-refractivity contribution in [2.75, 3.05) is 11.6 Å². The predicted molar refractivity (Wildman–Crippen MR) is 106 cm³/mol. The lowest BCUT2D eigenvalue weighted by atomic mass is 10.2. The summed E-state index contributed by atoms with van der Waals surface area (Å²) in [5, 5.41) is 6.26. The van der Waals surface area contributed by atoms with E-state index in [-0.39, 0.29) is 18.4 Å². The average Bonchev–Trinajstić information content (AvgIpc) is 3.09. The first kappa shape index (κ1) is 18.1. The van der Waals surface area contributed by atoms with Crippen LogP contribution in [0.25, 0.3) is 11.2 Å². The predicted octanol–water partition coefficient (Wildman–Crippen LogP) is 1.86. The SMILES string of the molecule is CCN1N=C(C)C(C)n2c1nc1c2c(=O)n(Cc2ccc(F)cc2)c(=O)n1C. The van der Waals surface area contributed by atoms with E-state index < -0.39 is 11.2 Å². The highest BCUT2D eigenvalue weighted by atomic mass is 19.1. The van der Waals surface area contributed by atoms with Crippen LogP contribution in [0.3, 0.4) is 0 Å². The molecule has 0 amide bonds. The Hall–Kier alpha value is -3.23. The van der Waals surface area contributed by atoms with Gasteiger partial charge < -0.3 is 0 Å². The van der Waals surface area contributed by atoms with Gasteiger partial charge in [0, 0.05) is 13.6 Å². The second-order valence-electron chi connectivity index (χ2n) is 6.95. The number of hydrogen-bond donors (Lipinski definition) is 0. The third-order valence-corrected chi connectivity index (χ3v) is 5.21. The monoisotopic (exact) mass is 384 g/mol. The van der Waals surface area contributed by atoms with Crippen LogP contribution in [0.15, 0.2) is 39.0 Å². The molecule has 0 bridgehead atoms. The first-order chi connectivity index (χ1) is 13.3. The molecular weight excluding hydrogens is 363 g/mol. The van der Waals surface area contributed by atoms with Crippen LogP contribution in [0.4, 0.5) is 10.3 Å². The van der Waals surface area contributed by atoms with Crippen LogP contribution < -0.4 is 16.3 Å². The van der Waals surface area contributed by atoms with Gasteiger partial charge in [-0.2, -0.15) is 10.1 Å². The number of halogens is 1. The second kappa shape index (κ2) is 6.43. The fraction of sp³-hybridized carbons (Fsp3) is 0.368. The minimum atomic E-state index is -0.467. The van der Waals surface area contributed by atoms with Crippen molar-refractivity contribution in [3.63, 3.8) is 0 Å². The fourth-order valence-electron chi connectivity index (χ4n) is 3.51. The van der Waals surface area contributed by atoms with Gasteiger partial charge in [-0.1, -0.05) is 12.1 Å². The molecule has 0 fully saturated rings. The molecule has 3 aromatic rings. The molecular formula is C19H21FN6O2. The van der Waals surface area contributed by atoms with Gasteiger partial charge in [0.15, 0.2) is 11.2 Å². The number of rotatable bonds is 3. The van der Waals surface area contributed by atoms with Crippen molar-refractivity contribution in [1.29, 1.82) is 0 Å². The van der Waals surface area contributed by atoms with Gasteiger partial charge in [0.2, 0.25) is 5.95 Å². The largest absolute Gasteiger partial charge is 0.332 e. The number of imidazole rings is 1. The molecule has 1 unspecified atom stereocenters. The summed E-state index contributed by atoms with van der Waals surface area (Å²) in [4.78, 5) is 30.7. The summed E-state index contributed by atoms with van der Waals surface area (Å²) in [6.45, 7) is 6.45. The molecule has 0 aliphatic carbocycles. The Kier molecular flexibility index (Phi) is 4.17. The highest BCUT2D eigenvalue weighted by Crippen LogP contribution is 2.29. The zero-order chi connectivity index (χ0) is 20.2. The highest BCUT2D eigenvalue weighted by Gasteiger charge is 2.30. The molecule has 146 valence electrons. The molecule has 0 spiro atoms. The Morgan fingerprint density at radius 3 is 2.50 bits per heavy atom. The third kappa shape index (κ3) is 2.57.